The third-order valence-electron chi connectivity index (χ3n) is 4.16. The van der Waals surface area contributed by atoms with Crippen molar-refractivity contribution in [2.24, 2.45) is 0 Å². The first kappa shape index (κ1) is 19.1. The van der Waals surface area contributed by atoms with Gasteiger partial charge >= 0.3 is 0 Å². The number of nitrogens with zero attached hydrogens (tertiary/aromatic N) is 1. The van der Waals surface area contributed by atoms with Gasteiger partial charge in [-0.15, -0.1) is 0 Å². The summed E-state index contributed by atoms with van der Waals surface area (Å²) in [7, 11) is 1.56. The number of pyridine rings is 1. The van der Waals surface area contributed by atoms with E-state index >= 15 is 0 Å². The minimum atomic E-state index is -0.401. The van der Waals surface area contributed by atoms with Crippen LogP contribution >= 0.6 is 0 Å². The van der Waals surface area contributed by atoms with Crippen LogP contribution in [0.25, 0.3) is 0 Å². The molecule has 0 unspecified atom stereocenters. The quantitative estimate of drug-likeness (QED) is 0.690. The number of methoxy groups -OCH3 is 1. The van der Waals surface area contributed by atoms with E-state index < -0.39 is 5.91 Å². The maximum Gasteiger partial charge on any atom is 0.274 e. The first-order chi connectivity index (χ1) is 13.5. The lowest BCUT2D eigenvalue weighted by Gasteiger charge is -2.08. The molecule has 0 saturated carbocycles. The SMILES string of the molecule is COc1cccc(NC(=O)c2cc(C(=O)NCc3ccc(C)cc3)ccn2)c1. The molecule has 0 spiro atoms. The molecule has 0 fully saturated rings. The Kier molecular flexibility index (Phi) is 6.01. The second kappa shape index (κ2) is 8.81. The standard InChI is InChI=1S/C22H21N3O3/c1-15-6-8-16(9-7-15)14-24-21(26)17-10-11-23-20(12-17)22(27)25-18-4-3-5-19(13-18)28-2/h3-13H,14H2,1-2H3,(H,24,26)(H,25,27). The molecular formula is C22H21N3O3. The molecule has 1 heterocycles. The van der Waals surface area contributed by atoms with Crippen LogP contribution in [0.2, 0.25) is 0 Å². The fourth-order valence-corrected chi connectivity index (χ4v) is 2.58. The molecule has 2 amide bonds. The van der Waals surface area contributed by atoms with E-state index in [1.165, 1.54) is 12.3 Å². The highest BCUT2D eigenvalue weighted by molar-refractivity contribution is 6.04. The maximum absolute atomic E-state index is 12.5. The lowest BCUT2D eigenvalue weighted by molar-refractivity contribution is 0.0951. The summed E-state index contributed by atoms with van der Waals surface area (Å²) in [6.45, 7) is 2.42. The van der Waals surface area contributed by atoms with Gasteiger partial charge in [-0.3, -0.25) is 14.6 Å². The first-order valence-electron chi connectivity index (χ1n) is 8.80. The van der Waals surface area contributed by atoms with Crippen molar-refractivity contribution in [2.45, 2.75) is 13.5 Å². The van der Waals surface area contributed by atoms with Crippen LogP contribution in [0.15, 0.2) is 66.9 Å². The van der Waals surface area contributed by atoms with Crippen molar-refractivity contribution < 1.29 is 14.3 Å². The number of carbonyl (C=O) groups excluding carboxylic acids is 2. The fraction of sp³-hybridized carbons (Fsp3) is 0.136. The number of carbonyl (C=O) groups is 2. The van der Waals surface area contributed by atoms with Gasteiger partial charge in [-0.1, -0.05) is 35.9 Å². The highest BCUT2D eigenvalue weighted by atomic mass is 16.5. The number of benzene rings is 2. The van der Waals surface area contributed by atoms with E-state index in [1.807, 2.05) is 31.2 Å². The molecular weight excluding hydrogens is 354 g/mol. The van der Waals surface area contributed by atoms with Gasteiger partial charge < -0.3 is 15.4 Å². The Morgan fingerprint density at radius 1 is 1.00 bits per heavy atom. The molecule has 28 heavy (non-hydrogen) atoms. The van der Waals surface area contributed by atoms with Crippen molar-refractivity contribution in [3.63, 3.8) is 0 Å². The Morgan fingerprint density at radius 2 is 1.79 bits per heavy atom. The van der Waals surface area contributed by atoms with E-state index in [0.29, 0.717) is 23.5 Å². The van der Waals surface area contributed by atoms with Crippen molar-refractivity contribution in [2.75, 3.05) is 12.4 Å². The van der Waals surface area contributed by atoms with E-state index in [2.05, 4.69) is 15.6 Å². The minimum absolute atomic E-state index is 0.158. The molecule has 0 aliphatic carbocycles. The molecule has 6 heteroatoms. The number of hydrogen-bond acceptors (Lipinski definition) is 4. The van der Waals surface area contributed by atoms with Crippen LogP contribution in [-0.2, 0) is 6.54 Å². The largest absolute Gasteiger partial charge is 0.497 e. The zero-order valence-corrected chi connectivity index (χ0v) is 15.7. The Labute approximate surface area is 163 Å². The van der Waals surface area contributed by atoms with Crippen molar-refractivity contribution in [1.82, 2.24) is 10.3 Å². The van der Waals surface area contributed by atoms with Gasteiger partial charge in [0.1, 0.15) is 11.4 Å². The summed E-state index contributed by atoms with van der Waals surface area (Å²) >= 11 is 0. The van der Waals surface area contributed by atoms with Crippen LogP contribution in [0, 0.1) is 6.92 Å². The van der Waals surface area contributed by atoms with E-state index in [1.54, 1.807) is 37.4 Å². The number of ether oxygens (including phenoxy) is 1. The normalized spacial score (nSPS) is 10.2. The van der Waals surface area contributed by atoms with Crippen LogP contribution in [0.3, 0.4) is 0 Å². The summed E-state index contributed by atoms with van der Waals surface area (Å²) in [5.74, 6) is -0.0326. The number of anilines is 1. The molecule has 3 aromatic rings. The minimum Gasteiger partial charge on any atom is -0.497 e. The summed E-state index contributed by atoms with van der Waals surface area (Å²) in [5, 5.41) is 5.60. The van der Waals surface area contributed by atoms with E-state index in [4.69, 9.17) is 4.74 Å². The van der Waals surface area contributed by atoms with Crippen LogP contribution in [0.4, 0.5) is 5.69 Å². The molecule has 0 radical (unpaired) electrons. The molecule has 1 aromatic heterocycles. The van der Waals surface area contributed by atoms with Gasteiger partial charge in [0.05, 0.1) is 7.11 Å². The lowest BCUT2D eigenvalue weighted by Crippen LogP contribution is -2.23. The highest BCUT2D eigenvalue weighted by Gasteiger charge is 2.12. The number of hydrogen-bond donors (Lipinski definition) is 2. The third-order valence-corrected chi connectivity index (χ3v) is 4.16. The van der Waals surface area contributed by atoms with Gasteiger partial charge in [-0.05, 0) is 36.8 Å². The topological polar surface area (TPSA) is 80.3 Å². The predicted molar refractivity (Wildman–Crippen MR) is 108 cm³/mol. The zero-order valence-electron chi connectivity index (χ0n) is 15.7. The summed E-state index contributed by atoms with van der Waals surface area (Å²) in [5.41, 5.74) is 3.28. The molecule has 0 aliphatic heterocycles. The Bertz CT molecular complexity index is 984. The highest BCUT2D eigenvalue weighted by Crippen LogP contribution is 2.17. The molecule has 2 N–H and O–H groups in total. The van der Waals surface area contributed by atoms with Gasteiger partial charge in [0.25, 0.3) is 11.8 Å². The molecule has 0 atom stereocenters. The van der Waals surface area contributed by atoms with Gasteiger partial charge in [0, 0.05) is 30.1 Å². The van der Waals surface area contributed by atoms with Crippen molar-refractivity contribution in [1.29, 1.82) is 0 Å². The van der Waals surface area contributed by atoms with Crippen LogP contribution < -0.4 is 15.4 Å². The van der Waals surface area contributed by atoms with E-state index in [-0.39, 0.29) is 11.6 Å². The monoisotopic (exact) mass is 375 g/mol. The summed E-state index contributed by atoms with van der Waals surface area (Å²) in [6, 6.07) is 18.0. The smallest absolute Gasteiger partial charge is 0.274 e. The van der Waals surface area contributed by atoms with Gasteiger partial charge in [-0.2, -0.15) is 0 Å². The molecule has 142 valence electrons. The summed E-state index contributed by atoms with van der Waals surface area (Å²) in [6.07, 6.45) is 1.45. The number of rotatable bonds is 6. The molecule has 6 nitrogen and oxygen atoms in total. The first-order valence-corrected chi connectivity index (χ1v) is 8.80. The predicted octanol–water partition coefficient (Wildman–Crippen LogP) is 3.58. The zero-order chi connectivity index (χ0) is 19.9. The molecule has 3 rings (SSSR count). The van der Waals surface area contributed by atoms with Crippen molar-refractivity contribution in [3.05, 3.63) is 89.2 Å². The molecule has 2 aromatic carbocycles. The Hall–Kier alpha value is -3.67. The van der Waals surface area contributed by atoms with Crippen LogP contribution in [0.1, 0.15) is 32.0 Å². The molecule has 0 bridgehead atoms. The average molecular weight is 375 g/mol. The van der Waals surface area contributed by atoms with E-state index in [0.717, 1.165) is 11.1 Å². The van der Waals surface area contributed by atoms with E-state index in [9.17, 15) is 9.59 Å². The number of aryl methyl sites for hydroxylation is 1. The second-order valence-electron chi connectivity index (χ2n) is 6.28. The van der Waals surface area contributed by atoms with Crippen molar-refractivity contribution in [3.8, 4) is 5.75 Å². The maximum atomic E-state index is 12.5. The lowest BCUT2D eigenvalue weighted by atomic mass is 10.1. The summed E-state index contributed by atoms with van der Waals surface area (Å²) in [4.78, 5) is 28.9. The number of nitrogens with one attached hydrogen (secondary N) is 2. The Balaban J connectivity index is 1.65. The van der Waals surface area contributed by atoms with Gasteiger partial charge in [0.2, 0.25) is 0 Å². The number of aromatic nitrogens is 1. The third kappa shape index (κ3) is 4.94. The van der Waals surface area contributed by atoms with Gasteiger partial charge in [0.15, 0.2) is 0 Å². The van der Waals surface area contributed by atoms with Gasteiger partial charge in [-0.25, -0.2) is 0 Å². The fourth-order valence-electron chi connectivity index (χ4n) is 2.58. The average Bonchev–Trinajstić information content (AvgIpc) is 2.73. The van der Waals surface area contributed by atoms with Crippen LogP contribution in [0.5, 0.6) is 5.75 Å². The second-order valence-corrected chi connectivity index (χ2v) is 6.28. The Morgan fingerprint density at radius 3 is 2.54 bits per heavy atom. The van der Waals surface area contributed by atoms with Crippen molar-refractivity contribution >= 4 is 17.5 Å². The molecule has 0 saturated heterocycles. The van der Waals surface area contributed by atoms with Crippen LogP contribution in [-0.4, -0.2) is 23.9 Å². The molecule has 0 aliphatic rings. The number of amides is 2. The summed E-state index contributed by atoms with van der Waals surface area (Å²) < 4.78 is 5.14.